The summed E-state index contributed by atoms with van der Waals surface area (Å²) in [6, 6.07) is 34.5. The Labute approximate surface area is 263 Å². The highest BCUT2D eigenvalue weighted by Crippen LogP contribution is 2.51. The lowest BCUT2D eigenvalue weighted by molar-refractivity contribution is 1.31. The molecule has 0 saturated carbocycles. The zero-order valence-corrected chi connectivity index (χ0v) is 25.1. The molecule has 6 heteroatoms. The minimum absolute atomic E-state index is 0.954. The summed E-state index contributed by atoms with van der Waals surface area (Å²) in [4.78, 5) is 18.6. The van der Waals surface area contributed by atoms with Crippen LogP contribution in [-0.4, -0.2) is 19.9 Å². The zero-order chi connectivity index (χ0) is 29.3. The number of pyridine rings is 2. The lowest BCUT2D eigenvalue weighted by Gasteiger charge is -2.24. The second-order valence-electron chi connectivity index (χ2n) is 10.4. The molecule has 0 amide bonds. The Hall–Kier alpha value is -5.30. The van der Waals surface area contributed by atoms with Crippen molar-refractivity contribution in [3.8, 4) is 65.6 Å². The van der Waals surface area contributed by atoms with Crippen LogP contribution in [0.2, 0.25) is 0 Å². The molecule has 0 unspecified atom stereocenters. The second-order valence-corrected chi connectivity index (χ2v) is 12.2. The molecule has 4 nitrogen and oxygen atoms in total. The largest absolute Gasteiger partial charge is 0.263 e. The Balaban J connectivity index is 1.54. The fraction of sp³-hybridized carbons (Fsp3) is 0. The molecule has 4 heterocycles. The molecule has 0 bridgehead atoms. The summed E-state index contributed by atoms with van der Waals surface area (Å²) < 4.78 is 0. The molecular weight excluding hydrogens is 577 g/mol. The summed E-state index contributed by atoms with van der Waals surface area (Å²) in [7, 11) is 0. The van der Waals surface area contributed by atoms with E-state index in [-0.39, 0.29) is 0 Å². The van der Waals surface area contributed by atoms with E-state index in [1.54, 1.807) is 22.7 Å². The molecule has 44 heavy (non-hydrogen) atoms. The van der Waals surface area contributed by atoms with Gasteiger partial charge in [-0.2, -0.15) is 0 Å². The Kier molecular flexibility index (Phi) is 6.83. The summed E-state index contributed by atoms with van der Waals surface area (Å²) in [5, 5.41) is 8.22. The SMILES string of the molecule is c1ccc(-c2c(-c3ccccc3)c(-c3cncc(-c4nccs4)c3)c3ccccc3c2-c2cncc(-c3nccs3)c2)cc1. The van der Waals surface area contributed by atoms with Gasteiger partial charge in [-0.3, -0.25) is 9.97 Å². The molecule has 0 aliphatic carbocycles. The molecule has 0 fully saturated rings. The highest BCUT2D eigenvalue weighted by molar-refractivity contribution is 7.13. The van der Waals surface area contributed by atoms with Gasteiger partial charge in [0.25, 0.3) is 0 Å². The van der Waals surface area contributed by atoms with Gasteiger partial charge in [-0.1, -0.05) is 84.9 Å². The molecule has 0 aliphatic heterocycles. The Bertz CT molecular complexity index is 2050. The number of thiazole rings is 2. The monoisotopic (exact) mass is 600 g/mol. The van der Waals surface area contributed by atoms with E-state index >= 15 is 0 Å². The standard InChI is InChI=1S/C38H24N4S2/c1-3-9-25(10-4-1)35-33(27-19-29(23-39-21-27)37-41-15-17-43-37)31-13-7-8-14-32(31)34(36(35)26-11-5-2-6-12-26)28-20-30(24-40-22-28)38-42-16-18-44-38/h1-24H. The normalized spacial score (nSPS) is 11.2. The van der Waals surface area contributed by atoms with Crippen LogP contribution in [0.1, 0.15) is 0 Å². The van der Waals surface area contributed by atoms with Crippen molar-refractivity contribution >= 4 is 33.4 Å². The lowest BCUT2D eigenvalue weighted by atomic mass is 9.79. The molecule has 0 radical (unpaired) electrons. The minimum Gasteiger partial charge on any atom is -0.263 e. The molecule has 0 saturated heterocycles. The third kappa shape index (κ3) is 4.71. The first-order chi connectivity index (χ1) is 21.8. The maximum Gasteiger partial charge on any atom is 0.124 e. The zero-order valence-electron chi connectivity index (χ0n) is 23.5. The number of fused-ring (bicyclic) bond motifs is 1. The van der Waals surface area contributed by atoms with E-state index in [4.69, 9.17) is 9.97 Å². The summed E-state index contributed by atoms with van der Waals surface area (Å²) in [6.07, 6.45) is 11.4. The van der Waals surface area contributed by atoms with Gasteiger partial charge in [-0.25, -0.2) is 9.97 Å². The molecule has 0 spiro atoms. The maximum atomic E-state index is 4.73. The van der Waals surface area contributed by atoms with Crippen LogP contribution in [0.25, 0.3) is 76.4 Å². The van der Waals surface area contributed by atoms with E-state index in [0.717, 1.165) is 76.4 Å². The van der Waals surface area contributed by atoms with Gasteiger partial charge in [0, 0.05) is 70.2 Å². The van der Waals surface area contributed by atoms with Gasteiger partial charge in [-0.05, 0) is 56.3 Å². The maximum absolute atomic E-state index is 4.73. The minimum atomic E-state index is 0.954. The third-order valence-corrected chi connectivity index (χ3v) is 9.40. The second kappa shape index (κ2) is 11.4. The van der Waals surface area contributed by atoms with Crippen molar-refractivity contribution in [1.29, 1.82) is 0 Å². The molecule has 4 aromatic carbocycles. The van der Waals surface area contributed by atoms with E-state index in [0.29, 0.717) is 0 Å². The van der Waals surface area contributed by atoms with Crippen molar-refractivity contribution in [2.75, 3.05) is 0 Å². The summed E-state index contributed by atoms with van der Waals surface area (Å²) >= 11 is 3.24. The fourth-order valence-electron chi connectivity index (χ4n) is 5.94. The quantitative estimate of drug-likeness (QED) is 0.191. The van der Waals surface area contributed by atoms with Crippen LogP contribution in [0.4, 0.5) is 0 Å². The van der Waals surface area contributed by atoms with E-state index in [1.165, 1.54) is 0 Å². The molecule has 0 N–H and O–H groups in total. The van der Waals surface area contributed by atoms with Gasteiger partial charge in [0.1, 0.15) is 10.0 Å². The first-order valence-electron chi connectivity index (χ1n) is 14.3. The Morgan fingerprint density at radius 2 is 0.795 bits per heavy atom. The van der Waals surface area contributed by atoms with Crippen LogP contribution in [0.15, 0.2) is 145 Å². The summed E-state index contributed by atoms with van der Waals surface area (Å²) in [5.74, 6) is 0. The van der Waals surface area contributed by atoms with Crippen molar-refractivity contribution in [2.24, 2.45) is 0 Å². The summed E-state index contributed by atoms with van der Waals surface area (Å²) in [6.45, 7) is 0. The van der Waals surface area contributed by atoms with Gasteiger partial charge in [0.15, 0.2) is 0 Å². The third-order valence-electron chi connectivity index (χ3n) is 7.75. The Morgan fingerprint density at radius 3 is 1.20 bits per heavy atom. The molecule has 8 rings (SSSR count). The highest BCUT2D eigenvalue weighted by atomic mass is 32.1. The number of rotatable bonds is 6. The van der Waals surface area contributed by atoms with Crippen LogP contribution >= 0.6 is 22.7 Å². The first kappa shape index (κ1) is 26.3. The number of hydrogen-bond donors (Lipinski definition) is 0. The van der Waals surface area contributed by atoms with Crippen LogP contribution in [-0.2, 0) is 0 Å². The molecule has 0 atom stereocenters. The molecular formula is C38H24N4S2. The van der Waals surface area contributed by atoms with Gasteiger partial charge in [0.2, 0.25) is 0 Å². The number of aromatic nitrogens is 4. The number of hydrogen-bond acceptors (Lipinski definition) is 6. The average Bonchev–Trinajstić information content (AvgIpc) is 3.84. The van der Waals surface area contributed by atoms with Crippen molar-refractivity contribution in [2.45, 2.75) is 0 Å². The van der Waals surface area contributed by atoms with Gasteiger partial charge in [0.05, 0.1) is 0 Å². The summed E-state index contributed by atoms with van der Waals surface area (Å²) in [5.41, 5.74) is 11.0. The fourth-order valence-corrected chi connectivity index (χ4v) is 7.18. The van der Waals surface area contributed by atoms with Crippen LogP contribution < -0.4 is 0 Å². The lowest BCUT2D eigenvalue weighted by Crippen LogP contribution is -1.98. The van der Waals surface area contributed by atoms with E-state index in [9.17, 15) is 0 Å². The van der Waals surface area contributed by atoms with E-state index in [2.05, 4.69) is 107 Å². The number of benzene rings is 4. The van der Waals surface area contributed by atoms with Crippen LogP contribution in [0.5, 0.6) is 0 Å². The molecule has 0 aliphatic rings. The smallest absolute Gasteiger partial charge is 0.124 e. The van der Waals surface area contributed by atoms with Gasteiger partial charge >= 0.3 is 0 Å². The van der Waals surface area contributed by atoms with Crippen molar-refractivity contribution in [3.63, 3.8) is 0 Å². The average molecular weight is 601 g/mol. The highest BCUT2D eigenvalue weighted by Gasteiger charge is 2.24. The van der Waals surface area contributed by atoms with E-state index in [1.807, 2.05) is 47.9 Å². The van der Waals surface area contributed by atoms with Crippen molar-refractivity contribution < 1.29 is 0 Å². The topological polar surface area (TPSA) is 51.6 Å². The number of nitrogens with zero attached hydrogens (tertiary/aromatic N) is 4. The molecule has 208 valence electrons. The Morgan fingerprint density at radius 1 is 0.386 bits per heavy atom. The van der Waals surface area contributed by atoms with Gasteiger partial charge < -0.3 is 0 Å². The van der Waals surface area contributed by atoms with Gasteiger partial charge in [-0.15, -0.1) is 22.7 Å². The molecule has 8 aromatic rings. The van der Waals surface area contributed by atoms with Crippen LogP contribution in [0.3, 0.4) is 0 Å². The van der Waals surface area contributed by atoms with Crippen molar-refractivity contribution in [1.82, 2.24) is 19.9 Å². The van der Waals surface area contributed by atoms with E-state index < -0.39 is 0 Å². The molecule has 4 aromatic heterocycles. The predicted octanol–water partition coefficient (Wildman–Crippen LogP) is 10.5. The predicted molar refractivity (Wildman–Crippen MR) is 183 cm³/mol. The van der Waals surface area contributed by atoms with Crippen LogP contribution in [0, 0.1) is 0 Å². The van der Waals surface area contributed by atoms with Crippen molar-refractivity contribution in [3.05, 3.63) is 145 Å². The first-order valence-corrected chi connectivity index (χ1v) is 16.0.